The van der Waals surface area contributed by atoms with E-state index in [1.807, 2.05) is 0 Å². The molecule has 0 bridgehead atoms. The predicted molar refractivity (Wildman–Crippen MR) is 98.1 cm³/mol. The lowest BCUT2D eigenvalue weighted by atomic mass is 10.1. The molecule has 0 amide bonds. The van der Waals surface area contributed by atoms with Crippen molar-refractivity contribution in [2.45, 2.75) is 58.0 Å². The molecule has 2 fully saturated rings. The summed E-state index contributed by atoms with van der Waals surface area (Å²) in [6.07, 6.45) is 4.32. The van der Waals surface area contributed by atoms with E-state index in [1.54, 1.807) is 0 Å². The molecule has 2 aromatic rings. The summed E-state index contributed by atoms with van der Waals surface area (Å²) in [7, 11) is 0. The van der Waals surface area contributed by atoms with E-state index in [9.17, 15) is 5.11 Å². The first-order chi connectivity index (χ1) is 11.7. The number of para-hydroxylation sites is 1. The van der Waals surface area contributed by atoms with Crippen LogP contribution < -0.4 is 0 Å². The van der Waals surface area contributed by atoms with Gasteiger partial charge in [-0.05, 0) is 31.4 Å². The Kier molecular flexibility index (Phi) is 4.37. The Hall–Kier alpha value is -1.36. The molecule has 130 valence electrons. The predicted octanol–water partition coefficient (Wildman–Crippen LogP) is 2.69. The number of nitrogens with zero attached hydrogens (tertiary/aromatic N) is 3. The second-order valence-corrected chi connectivity index (χ2v) is 7.64. The number of aromatic nitrogens is 1. The van der Waals surface area contributed by atoms with Gasteiger partial charge in [0.1, 0.15) is 0 Å². The van der Waals surface area contributed by atoms with Gasteiger partial charge in [0.2, 0.25) is 0 Å². The Bertz CT molecular complexity index is 710. The Morgan fingerprint density at radius 1 is 1.17 bits per heavy atom. The number of hydrogen-bond donors (Lipinski definition) is 1. The molecule has 2 saturated heterocycles. The van der Waals surface area contributed by atoms with E-state index >= 15 is 0 Å². The third-order valence-corrected chi connectivity index (χ3v) is 5.78. The van der Waals surface area contributed by atoms with Gasteiger partial charge in [-0.1, -0.05) is 25.1 Å². The number of hydrogen-bond acceptors (Lipinski definition) is 3. The lowest BCUT2D eigenvalue weighted by Gasteiger charge is -2.42. The fourth-order valence-electron chi connectivity index (χ4n) is 4.59. The first kappa shape index (κ1) is 16.1. The second kappa shape index (κ2) is 6.51. The molecule has 0 unspecified atom stereocenters. The van der Waals surface area contributed by atoms with E-state index < -0.39 is 0 Å². The molecule has 3 heterocycles. The second-order valence-electron chi connectivity index (χ2n) is 7.64. The van der Waals surface area contributed by atoms with E-state index in [0.717, 1.165) is 45.6 Å². The maximum absolute atomic E-state index is 9.96. The van der Waals surface area contributed by atoms with Crippen molar-refractivity contribution in [1.82, 2.24) is 14.4 Å². The van der Waals surface area contributed by atoms with E-state index in [0.29, 0.717) is 12.1 Å². The monoisotopic (exact) mass is 327 g/mol. The Labute approximate surface area is 144 Å². The van der Waals surface area contributed by atoms with E-state index in [2.05, 4.69) is 58.7 Å². The molecular weight excluding hydrogens is 298 g/mol. The van der Waals surface area contributed by atoms with Crippen LogP contribution in [0.1, 0.15) is 32.3 Å². The molecule has 0 spiro atoms. The molecule has 1 aromatic carbocycles. The molecule has 1 aromatic heterocycles. The molecule has 4 heteroatoms. The van der Waals surface area contributed by atoms with Gasteiger partial charge in [0.25, 0.3) is 0 Å². The summed E-state index contributed by atoms with van der Waals surface area (Å²) in [6.45, 7) is 9.67. The zero-order valence-electron chi connectivity index (χ0n) is 14.9. The average molecular weight is 327 g/mol. The Morgan fingerprint density at radius 2 is 2.00 bits per heavy atom. The number of aryl methyl sites for hydroxylation is 1. The number of benzene rings is 1. The molecule has 4 nitrogen and oxygen atoms in total. The highest BCUT2D eigenvalue weighted by molar-refractivity contribution is 5.83. The minimum absolute atomic E-state index is 0.131. The number of rotatable bonds is 4. The lowest BCUT2D eigenvalue weighted by Crippen LogP contribution is -2.54. The fourth-order valence-corrected chi connectivity index (χ4v) is 4.59. The van der Waals surface area contributed by atoms with Crippen LogP contribution in [0.5, 0.6) is 0 Å². The van der Waals surface area contributed by atoms with Crippen LogP contribution in [-0.4, -0.2) is 57.3 Å². The van der Waals surface area contributed by atoms with Crippen LogP contribution in [0.15, 0.2) is 30.5 Å². The fraction of sp³-hybridized carbons (Fsp3) is 0.600. The number of piperazine rings is 1. The van der Waals surface area contributed by atoms with Gasteiger partial charge in [0, 0.05) is 61.9 Å². The summed E-state index contributed by atoms with van der Waals surface area (Å²) in [4.78, 5) is 5.09. The molecule has 4 rings (SSSR count). The van der Waals surface area contributed by atoms with Crippen molar-refractivity contribution in [3.05, 3.63) is 36.0 Å². The number of aliphatic hydroxyl groups excluding tert-OH is 1. The van der Waals surface area contributed by atoms with E-state index in [4.69, 9.17) is 0 Å². The van der Waals surface area contributed by atoms with Gasteiger partial charge in [-0.25, -0.2) is 0 Å². The van der Waals surface area contributed by atoms with Gasteiger partial charge in [-0.15, -0.1) is 0 Å². The highest BCUT2D eigenvalue weighted by Gasteiger charge is 2.38. The lowest BCUT2D eigenvalue weighted by molar-refractivity contribution is 0.0531. The van der Waals surface area contributed by atoms with Crippen molar-refractivity contribution in [2.24, 2.45) is 0 Å². The molecule has 0 radical (unpaired) electrons. The summed E-state index contributed by atoms with van der Waals surface area (Å²) >= 11 is 0. The minimum Gasteiger partial charge on any atom is -0.392 e. The quantitative estimate of drug-likeness (QED) is 0.937. The number of fused-ring (bicyclic) bond motifs is 2. The Morgan fingerprint density at radius 3 is 2.83 bits per heavy atom. The van der Waals surface area contributed by atoms with Crippen LogP contribution in [-0.2, 0) is 13.1 Å². The molecular formula is C20H29N3O. The van der Waals surface area contributed by atoms with Crippen molar-refractivity contribution < 1.29 is 5.11 Å². The molecule has 0 aliphatic carbocycles. The van der Waals surface area contributed by atoms with E-state index in [-0.39, 0.29) is 6.10 Å². The van der Waals surface area contributed by atoms with Crippen LogP contribution in [0.4, 0.5) is 0 Å². The van der Waals surface area contributed by atoms with Gasteiger partial charge in [-0.3, -0.25) is 9.80 Å². The molecule has 3 atom stereocenters. The Balaban J connectivity index is 1.58. The van der Waals surface area contributed by atoms with E-state index in [1.165, 1.54) is 16.5 Å². The standard InChI is InChI=1S/C20H29N3O/c1-3-8-21-11-16(19-6-4-5-7-20(19)21)12-22-13-17-9-18(24)14-23(17)10-15(22)2/h4-7,11,15,17-18,24H,3,8-10,12-14H2,1-2H3/t15-,17+,18+/m0/s1. The molecule has 2 aliphatic heterocycles. The first-order valence-electron chi connectivity index (χ1n) is 9.38. The van der Waals surface area contributed by atoms with Gasteiger partial charge in [-0.2, -0.15) is 0 Å². The van der Waals surface area contributed by atoms with Crippen LogP contribution >= 0.6 is 0 Å². The van der Waals surface area contributed by atoms with Gasteiger partial charge in [0.15, 0.2) is 0 Å². The third-order valence-electron chi connectivity index (χ3n) is 5.78. The topological polar surface area (TPSA) is 31.6 Å². The van der Waals surface area contributed by atoms with Crippen molar-refractivity contribution in [2.75, 3.05) is 19.6 Å². The summed E-state index contributed by atoms with van der Waals surface area (Å²) in [5, 5.41) is 11.4. The summed E-state index contributed by atoms with van der Waals surface area (Å²) < 4.78 is 2.41. The smallest absolute Gasteiger partial charge is 0.0682 e. The van der Waals surface area contributed by atoms with Crippen molar-refractivity contribution in [3.63, 3.8) is 0 Å². The summed E-state index contributed by atoms with van der Waals surface area (Å²) in [6, 6.07) is 9.86. The SMILES string of the molecule is CCCn1cc(CN2C[C@H]3C[C@@H](O)CN3C[C@@H]2C)c2ccccc21. The summed E-state index contributed by atoms with van der Waals surface area (Å²) in [5.41, 5.74) is 2.80. The van der Waals surface area contributed by atoms with Crippen molar-refractivity contribution in [3.8, 4) is 0 Å². The third kappa shape index (κ3) is 2.87. The zero-order valence-corrected chi connectivity index (χ0v) is 14.9. The highest BCUT2D eigenvalue weighted by Crippen LogP contribution is 2.28. The van der Waals surface area contributed by atoms with Crippen molar-refractivity contribution in [1.29, 1.82) is 0 Å². The summed E-state index contributed by atoms with van der Waals surface area (Å²) in [5.74, 6) is 0. The molecule has 24 heavy (non-hydrogen) atoms. The maximum atomic E-state index is 9.96. The van der Waals surface area contributed by atoms with Gasteiger partial charge < -0.3 is 9.67 Å². The van der Waals surface area contributed by atoms with Crippen molar-refractivity contribution >= 4 is 10.9 Å². The molecule has 2 aliphatic rings. The highest BCUT2D eigenvalue weighted by atomic mass is 16.3. The van der Waals surface area contributed by atoms with Gasteiger partial charge in [0.05, 0.1) is 6.10 Å². The minimum atomic E-state index is -0.131. The largest absolute Gasteiger partial charge is 0.392 e. The van der Waals surface area contributed by atoms with Crippen LogP contribution in [0.25, 0.3) is 10.9 Å². The van der Waals surface area contributed by atoms with Crippen LogP contribution in [0.3, 0.4) is 0 Å². The molecule has 1 N–H and O–H groups in total. The van der Waals surface area contributed by atoms with Crippen LogP contribution in [0.2, 0.25) is 0 Å². The maximum Gasteiger partial charge on any atom is 0.0682 e. The first-order valence-corrected chi connectivity index (χ1v) is 9.38. The normalized spacial score (nSPS) is 28.5. The van der Waals surface area contributed by atoms with Gasteiger partial charge >= 0.3 is 0 Å². The number of aliphatic hydroxyl groups is 1. The van der Waals surface area contributed by atoms with Crippen LogP contribution in [0, 0.1) is 0 Å². The molecule has 0 saturated carbocycles. The zero-order chi connectivity index (χ0) is 16.7. The average Bonchev–Trinajstić information content (AvgIpc) is 3.09.